The van der Waals surface area contributed by atoms with E-state index >= 15 is 0 Å². The molecule has 2 nitrogen and oxygen atoms in total. The summed E-state index contributed by atoms with van der Waals surface area (Å²) in [5, 5.41) is 0. The van der Waals surface area contributed by atoms with Gasteiger partial charge in [-0.05, 0) is 41.7 Å². The van der Waals surface area contributed by atoms with E-state index in [2.05, 4.69) is 60.7 Å². The fourth-order valence-corrected chi connectivity index (χ4v) is 6.12. The van der Waals surface area contributed by atoms with Crippen molar-refractivity contribution in [1.82, 2.24) is 0 Å². The summed E-state index contributed by atoms with van der Waals surface area (Å²) in [4.78, 5) is 11.9. The van der Waals surface area contributed by atoms with Crippen LogP contribution >= 0.6 is 0 Å². The van der Waals surface area contributed by atoms with E-state index in [1.165, 1.54) is 24.0 Å². The molecule has 2 aromatic carbocycles. The molecule has 0 aromatic heterocycles. The van der Waals surface area contributed by atoms with Gasteiger partial charge in [0.25, 0.3) is 0 Å². The van der Waals surface area contributed by atoms with Crippen LogP contribution in [0.25, 0.3) is 0 Å². The molecule has 0 saturated heterocycles. The SMILES string of the molecule is CC(=O)OC1C2CCC3C2C3C1(c1ccccc1)c1ccccc1. The Morgan fingerprint density at radius 3 is 2.00 bits per heavy atom. The number of carbonyl (C=O) groups is 1. The van der Waals surface area contributed by atoms with E-state index in [1.807, 2.05) is 0 Å². The molecule has 0 N–H and O–H groups in total. The van der Waals surface area contributed by atoms with Gasteiger partial charge in [0.2, 0.25) is 0 Å². The number of benzene rings is 2. The molecule has 24 heavy (non-hydrogen) atoms. The summed E-state index contributed by atoms with van der Waals surface area (Å²) >= 11 is 0. The van der Waals surface area contributed by atoms with E-state index in [9.17, 15) is 4.79 Å². The van der Waals surface area contributed by atoms with Gasteiger partial charge in [0.1, 0.15) is 6.10 Å². The monoisotopic (exact) mass is 318 g/mol. The van der Waals surface area contributed by atoms with E-state index < -0.39 is 0 Å². The smallest absolute Gasteiger partial charge is 0.302 e. The number of ether oxygens (including phenoxy) is 1. The van der Waals surface area contributed by atoms with Crippen molar-refractivity contribution in [3.8, 4) is 0 Å². The Labute approximate surface area is 142 Å². The van der Waals surface area contributed by atoms with Crippen LogP contribution < -0.4 is 0 Å². The van der Waals surface area contributed by atoms with Crippen molar-refractivity contribution in [2.75, 3.05) is 0 Å². The second kappa shape index (κ2) is 4.95. The molecule has 0 spiro atoms. The third-order valence-corrected chi connectivity index (χ3v) is 6.72. The lowest BCUT2D eigenvalue weighted by Gasteiger charge is -2.40. The van der Waals surface area contributed by atoms with Gasteiger partial charge in [-0.3, -0.25) is 4.79 Å². The molecule has 122 valence electrons. The fraction of sp³-hybridized carbons (Fsp3) is 0.409. The highest BCUT2D eigenvalue weighted by atomic mass is 16.5. The Morgan fingerprint density at radius 2 is 1.46 bits per heavy atom. The van der Waals surface area contributed by atoms with Crippen LogP contribution in [0.15, 0.2) is 60.7 Å². The molecule has 0 radical (unpaired) electrons. The normalized spacial score (nSPS) is 34.6. The largest absolute Gasteiger partial charge is 0.461 e. The van der Waals surface area contributed by atoms with E-state index in [1.54, 1.807) is 6.92 Å². The fourth-order valence-electron chi connectivity index (χ4n) is 6.12. The Hall–Kier alpha value is -2.09. The van der Waals surface area contributed by atoms with Crippen molar-refractivity contribution >= 4 is 5.97 Å². The maximum atomic E-state index is 11.9. The molecule has 3 aliphatic rings. The molecule has 5 unspecified atom stereocenters. The minimum Gasteiger partial charge on any atom is -0.461 e. The molecule has 5 atom stereocenters. The van der Waals surface area contributed by atoms with Gasteiger partial charge in [-0.1, -0.05) is 60.7 Å². The van der Waals surface area contributed by atoms with Gasteiger partial charge in [-0.2, -0.15) is 0 Å². The molecule has 0 aliphatic heterocycles. The molecule has 3 fully saturated rings. The standard InChI is InChI=1S/C22H22O2/c1-14(23)24-21-18-13-12-17-19(18)20(17)22(21,15-8-4-2-5-9-15)16-10-6-3-7-11-16/h2-11,17-21H,12-13H2,1H3. The highest BCUT2D eigenvalue weighted by Gasteiger charge is 2.77. The summed E-state index contributed by atoms with van der Waals surface area (Å²) in [6.07, 6.45) is 2.46. The van der Waals surface area contributed by atoms with Crippen LogP contribution in [-0.4, -0.2) is 12.1 Å². The Kier molecular flexibility index (Phi) is 2.94. The van der Waals surface area contributed by atoms with Gasteiger partial charge in [-0.15, -0.1) is 0 Å². The van der Waals surface area contributed by atoms with E-state index in [4.69, 9.17) is 4.74 Å². The summed E-state index contributed by atoms with van der Waals surface area (Å²) in [5.41, 5.74) is 2.44. The molecule has 3 aliphatic carbocycles. The number of rotatable bonds is 3. The Balaban J connectivity index is 1.75. The number of carbonyl (C=O) groups excluding carboxylic acids is 1. The first kappa shape index (κ1) is 14.3. The second-order valence-electron chi connectivity index (χ2n) is 7.64. The van der Waals surface area contributed by atoms with Crippen LogP contribution in [0.2, 0.25) is 0 Å². The molecule has 0 bridgehead atoms. The van der Waals surface area contributed by atoms with Crippen molar-refractivity contribution in [3.05, 3.63) is 71.8 Å². The third-order valence-electron chi connectivity index (χ3n) is 6.72. The zero-order valence-corrected chi connectivity index (χ0v) is 13.9. The number of hydrogen-bond donors (Lipinski definition) is 0. The molecule has 3 saturated carbocycles. The number of hydrogen-bond acceptors (Lipinski definition) is 2. The predicted octanol–water partition coefficient (Wildman–Crippen LogP) is 4.19. The van der Waals surface area contributed by atoms with Crippen molar-refractivity contribution in [2.24, 2.45) is 23.7 Å². The Morgan fingerprint density at radius 1 is 0.917 bits per heavy atom. The third kappa shape index (κ3) is 1.69. The minimum atomic E-state index is -0.176. The van der Waals surface area contributed by atoms with Crippen LogP contribution in [0.4, 0.5) is 0 Å². The maximum Gasteiger partial charge on any atom is 0.302 e. The lowest BCUT2D eigenvalue weighted by atomic mass is 9.67. The average molecular weight is 318 g/mol. The lowest BCUT2D eigenvalue weighted by molar-refractivity contribution is -0.151. The summed E-state index contributed by atoms with van der Waals surface area (Å²) in [5.74, 6) is 2.52. The summed E-state index contributed by atoms with van der Waals surface area (Å²) < 4.78 is 6.03. The first-order valence-electron chi connectivity index (χ1n) is 9.03. The summed E-state index contributed by atoms with van der Waals surface area (Å²) in [7, 11) is 0. The lowest BCUT2D eigenvalue weighted by Crippen LogP contribution is -2.45. The van der Waals surface area contributed by atoms with Gasteiger partial charge in [-0.25, -0.2) is 0 Å². The molecular weight excluding hydrogens is 296 g/mol. The highest BCUT2D eigenvalue weighted by molar-refractivity contribution is 5.67. The highest BCUT2D eigenvalue weighted by Crippen LogP contribution is 2.77. The first-order valence-corrected chi connectivity index (χ1v) is 9.03. The zero-order chi connectivity index (χ0) is 16.3. The van der Waals surface area contributed by atoms with Crippen molar-refractivity contribution in [2.45, 2.75) is 31.3 Å². The average Bonchev–Trinajstić information content (AvgIpc) is 3.08. The van der Waals surface area contributed by atoms with E-state index in [0.717, 1.165) is 11.8 Å². The molecular formula is C22H22O2. The molecule has 5 rings (SSSR count). The van der Waals surface area contributed by atoms with Gasteiger partial charge in [0.15, 0.2) is 0 Å². The molecule has 2 aromatic rings. The van der Waals surface area contributed by atoms with E-state index in [-0.39, 0.29) is 17.5 Å². The first-order chi connectivity index (χ1) is 11.7. The minimum absolute atomic E-state index is 0.0338. The predicted molar refractivity (Wildman–Crippen MR) is 92.4 cm³/mol. The van der Waals surface area contributed by atoms with Crippen LogP contribution in [0.3, 0.4) is 0 Å². The maximum absolute atomic E-state index is 11.9. The van der Waals surface area contributed by atoms with Crippen LogP contribution in [0, 0.1) is 23.7 Å². The zero-order valence-electron chi connectivity index (χ0n) is 13.9. The summed E-state index contributed by atoms with van der Waals surface area (Å²) in [6.45, 7) is 1.55. The van der Waals surface area contributed by atoms with Crippen molar-refractivity contribution in [3.63, 3.8) is 0 Å². The second-order valence-corrected chi connectivity index (χ2v) is 7.64. The van der Waals surface area contributed by atoms with Crippen molar-refractivity contribution in [1.29, 1.82) is 0 Å². The number of esters is 1. The summed E-state index contributed by atoms with van der Waals surface area (Å²) in [6, 6.07) is 21.5. The van der Waals surface area contributed by atoms with Gasteiger partial charge in [0.05, 0.1) is 5.41 Å². The van der Waals surface area contributed by atoms with Crippen LogP contribution in [0.1, 0.15) is 30.9 Å². The van der Waals surface area contributed by atoms with E-state index in [0.29, 0.717) is 11.8 Å². The van der Waals surface area contributed by atoms with Gasteiger partial charge in [0, 0.05) is 12.8 Å². The van der Waals surface area contributed by atoms with Crippen molar-refractivity contribution < 1.29 is 9.53 Å². The molecule has 0 amide bonds. The van der Waals surface area contributed by atoms with Crippen LogP contribution in [0.5, 0.6) is 0 Å². The van der Waals surface area contributed by atoms with Crippen LogP contribution in [-0.2, 0) is 14.9 Å². The molecule has 2 heteroatoms. The van der Waals surface area contributed by atoms with Gasteiger partial charge >= 0.3 is 5.97 Å². The van der Waals surface area contributed by atoms with Gasteiger partial charge < -0.3 is 4.74 Å². The number of fused-ring (bicyclic) bond motifs is 1. The quantitative estimate of drug-likeness (QED) is 0.793. The molecule has 0 heterocycles. The topological polar surface area (TPSA) is 26.3 Å². The Bertz CT molecular complexity index is 728.